The highest BCUT2D eigenvalue weighted by atomic mass is 35.5. The minimum Gasteiger partial charge on any atom is -0.306 e. The van der Waals surface area contributed by atoms with Crippen LogP contribution >= 0.6 is 11.6 Å². The van der Waals surface area contributed by atoms with E-state index < -0.39 is 23.2 Å². The first-order valence-electron chi connectivity index (χ1n) is 4.82. The molecule has 1 N–H and O–H groups in total. The molecule has 0 aliphatic carbocycles. The van der Waals surface area contributed by atoms with Gasteiger partial charge in [0.15, 0.2) is 5.82 Å². The van der Waals surface area contributed by atoms with E-state index in [1.165, 1.54) is 12.1 Å². The Kier molecular flexibility index (Phi) is 3.47. The molecule has 2 rings (SSSR count). The van der Waals surface area contributed by atoms with Crippen molar-refractivity contribution >= 4 is 23.3 Å². The molecule has 0 aliphatic rings. The third kappa shape index (κ3) is 2.60. The summed E-state index contributed by atoms with van der Waals surface area (Å²) in [5.41, 5.74) is -0.454. The lowest BCUT2D eigenvalue weighted by Gasteiger charge is -2.05. The highest BCUT2D eigenvalue weighted by Gasteiger charge is 2.16. The summed E-state index contributed by atoms with van der Waals surface area (Å²) in [6.45, 7) is 0. The Hall–Kier alpha value is -2.08. The predicted molar refractivity (Wildman–Crippen MR) is 61.4 cm³/mol. The van der Waals surface area contributed by atoms with Crippen LogP contribution in [0.2, 0.25) is 5.15 Å². The molecule has 0 spiro atoms. The Morgan fingerprint density at radius 2 is 2.06 bits per heavy atom. The number of hydrogen-bond acceptors (Lipinski definition) is 3. The summed E-state index contributed by atoms with van der Waals surface area (Å²) in [6.07, 6.45) is 0.999. The molecular weight excluding hydrogens is 264 g/mol. The van der Waals surface area contributed by atoms with Gasteiger partial charge in [-0.15, -0.1) is 0 Å². The van der Waals surface area contributed by atoms with Gasteiger partial charge in [0.25, 0.3) is 5.91 Å². The Labute approximate surface area is 106 Å². The topological polar surface area (TPSA) is 54.9 Å². The van der Waals surface area contributed by atoms with Gasteiger partial charge in [0.05, 0.1) is 5.56 Å². The van der Waals surface area contributed by atoms with E-state index in [0.717, 1.165) is 12.3 Å². The quantitative estimate of drug-likeness (QED) is 0.853. The number of anilines is 1. The van der Waals surface area contributed by atoms with Crippen molar-refractivity contribution in [3.05, 3.63) is 52.9 Å². The summed E-state index contributed by atoms with van der Waals surface area (Å²) in [5.74, 6) is -3.33. The molecule has 0 bridgehead atoms. The standard InChI is InChI=1S/C11H6ClF2N3O/c12-7-2-1-3-8(16-7)17-11(18)6-4-5-15-10(14)9(6)13/h1-5H,(H,16,17,18). The Morgan fingerprint density at radius 3 is 2.78 bits per heavy atom. The fourth-order valence-electron chi connectivity index (χ4n) is 1.26. The normalized spacial score (nSPS) is 10.2. The highest BCUT2D eigenvalue weighted by molar-refractivity contribution is 6.29. The van der Waals surface area contributed by atoms with E-state index in [1.807, 2.05) is 0 Å². The molecule has 2 aromatic heterocycles. The number of carbonyl (C=O) groups excluding carboxylic acids is 1. The lowest BCUT2D eigenvalue weighted by atomic mass is 10.2. The van der Waals surface area contributed by atoms with E-state index in [-0.39, 0.29) is 11.0 Å². The van der Waals surface area contributed by atoms with Gasteiger partial charge in [-0.25, -0.2) is 14.4 Å². The first kappa shape index (κ1) is 12.4. The number of nitrogens with one attached hydrogen (secondary N) is 1. The second-order valence-electron chi connectivity index (χ2n) is 3.26. The minimum absolute atomic E-state index is 0.143. The van der Waals surface area contributed by atoms with Gasteiger partial charge in [0.1, 0.15) is 11.0 Å². The molecule has 0 aliphatic heterocycles. The average molecular weight is 270 g/mol. The molecule has 18 heavy (non-hydrogen) atoms. The van der Waals surface area contributed by atoms with Gasteiger partial charge >= 0.3 is 0 Å². The Balaban J connectivity index is 2.25. The van der Waals surface area contributed by atoms with Crippen LogP contribution in [0.25, 0.3) is 0 Å². The average Bonchev–Trinajstić information content (AvgIpc) is 2.32. The van der Waals surface area contributed by atoms with Crippen LogP contribution in [0.5, 0.6) is 0 Å². The first-order chi connectivity index (χ1) is 8.58. The van der Waals surface area contributed by atoms with Crippen molar-refractivity contribution in [1.29, 1.82) is 0 Å². The number of aromatic nitrogens is 2. The van der Waals surface area contributed by atoms with Crippen molar-refractivity contribution in [1.82, 2.24) is 9.97 Å². The number of rotatable bonds is 2. The lowest BCUT2D eigenvalue weighted by molar-refractivity contribution is 0.102. The first-order valence-corrected chi connectivity index (χ1v) is 5.19. The van der Waals surface area contributed by atoms with Crippen LogP contribution < -0.4 is 5.32 Å². The van der Waals surface area contributed by atoms with Gasteiger partial charge in [-0.1, -0.05) is 17.7 Å². The maximum Gasteiger partial charge on any atom is 0.260 e. The predicted octanol–water partition coefficient (Wildman–Crippen LogP) is 2.66. The molecule has 0 aromatic carbocycles. The zero-order valence-electron chi connectivity index (χ0n) is 8.82. The third-order valence-electron chi connectivity index (χ3n) is 2.05. The van der Waals surface area contributed by atoms with Crippen LogP contribution in [0.1, 0.15) is 10.4 Å². The zero-order valence-corrected chi connectivity index (χ0v) is 9.58. The number of carbonyl (C=O) groups is 1. The van der Waals surface area contributed by atoms with Gasteiger partial charge in [0.2, 0.25) is 5.95 Å². The molecule has 0 fully saturated rings. The van der Waals surface area contributed by atoms with Crippen molar-refractivity contribution in [2.75, 3.05) is 5.32 Å². The molecule has 0 radical (unpaired) electrons. The van der Waals surface area contributed by atoms with E-state index in [4.69, 9.17) is 11.6 Å². The molecule has 1 amide bonds. The smallest absolute Gasteiger partial charge is 0.260 e. The van der Waals surface area contributed by atoms with E-state index in [2.05, 4.69) is 15.3 Å². The molecule has 0 saturated carbocycles. The molecule has 4 nitrogen and oxygen atoms in total. The van der Waals surface area contributed by atoms with Crippen LogP contribution in [0.3, 0.4) is 0 Å². The minimum atomic E-state index is -1.33. The van der Waals surface area contributed by atoms with Gasteiger partial charge in [0, 0.05) is 6.20 Å². The molecule has 0 atom stereocenters. The number of hydrogen-bond donors (Lipinski definition) is 1. The van der Waals surface area contributed by atoms with Crippen LogP contribution in [-0.4, -0.2) is 15.9 Å². The largest absolute Gasteiger partial charge is 0.306 e. The van der Waals surface area contributed by atoms with Crippen LogP contribution in [0.4, 0.5) is 14.6 Å². The molecule has 0 saturated heterocycles. The number of pyridine rings is 2. The zero-order chi connectivity index (χ0) is 13.1. The van der Waals surface area contributed by atoms with Crippen LogP contribution in [0.15, 0.2) is 30.5 Å². The third-order valence-corrected chi connectivity index (χ3v) is 2.26. The number of nitrogens with zero attached hydrogens (tertiary/aromatic N) is 2. The van der Waals surface area contributed by atoms with E-state index in [1.54, 1.807) is 6.07 Å². The summed E-state index contributed by atoms with van der Waals surface area (Å²) in [6, 6.07) is 5.62. The molecule has 7 heteroatoms. The van der Waals surface area contributed by atoms with Crippen molar-refractivity contribution < 1.29 is 13.6 Å². The van der Waals surface area contributed by atoms with E-state index in [0.29, 0.717) is 0 Å². The Morgan fingerprint density at radius 1 is 1.28 bits per heavy atom. The van der Waals surface area contributed by atoms with Crippen molar-refractivity contribution in [2.24, 2.45) is 0 Å². The summed E-state index contributed by atoms with van der Waals surface area (Å²) in [5, 5.41) is 2.47. The molecular formula is C11H6ClF2N3O. The van der Waals surface area contributed by atoms with Gasteiger partial charge in [-0.05, 0) is 18.2 Å². The lowest BCUT2D eigenvalue weighted by Crippen LogP contribution is -2.15. The summed E-state index contributed by atoms with van der Waals surface area (Å²) in [4.78, 5) is 18.5. The molecule has 2 aromatic rings. The molecule has 0 unspecified atom stereocenters. The van der Waals surface area contributed by atoms with Crippen LogP contribution in [-0.2, 0) is 0 Å². The van der Waals surface area contributed by atoms with Gasteiger partial charge < -0.3 is 5.32 Å². The maximum absolute atomic E-state index is 13.3. The fraction of sp³-hybridized carbons (Fsp3) is 0. The highest BCUT2D eigenvalue weighted by Crippen LogP contribution is 2.13. The second-order valence-corrected chi connectivity index (χ2v) is 3.65. The van der Waals surface area contributed by atoms with E-state index in [9.17, 15) is 13.6 Å². The molecule has 2 heterocycles. The fourth-order valence-corrected chi connectivity index (χ4v) is 1.42. The van der Waals surface area contributed by atoms with Crippen molar-refractivity contribution in [3.8, 4) is 0 Å². The Bertz CT molecular complexity index is 607. The molecule has 92 valence electrons. The SMILES string of the molecule is O=C(Nc1cccc(Cl)n1)c1ccnc(F)c1F. The summed E-state index contributed by atoms with van der Waals surface area (Å²) in [7, 11) is 0. The maximum atomic E-state index is 13.3. The van der Waals surface area contributed by atoms with Crippen LogP contribution in [0, 0.1) is 11.8 Å². The number of halogens is 3. The number of amides is 1. The summed E-state index contributed by atoms with van der Waals surface area (Å²) >= 11 is 5.62. The van der Waals surface area contributed by atoms with Crippen molar-refractivity contribution in [2.45, 2.75) is 0 Å². The van der Waals surface area contributed by atoms with Gasteiger partial charge in [-0.3, -0.25) is 4.79 Å². The van der Waals surface area contributed by atoms with E-state index >= 15 is 0 Å². The monoisotopic (exact) mass is 269 g/mol. The van der Waals surface area contributed by atoms with Gasteiger partial charge in [-0.2, -0.15) is 4.39 Å². The van der Waals surface area contributed by atoms with Crippen molar-refractivity contribution in [3.63, 3.8) is 0 Å². The second kappa shape index (κ2) is 5.05. The summed E-state index contributed by atoms with van der Waals surface area (Å²) < 4.78 is 26.1.